The highest BCUT2D eigenvalue weighted by molar-refractivity contribution is 7.09. The second-order valence-electron chi connectivity index (χ2n) is 4.03. The molecule has 4 nitrogen and oxygen atoms in total. The predicted octanol–water partition coefficient (Wildman–Crippen LogP) is 2.79. The Bertz CT molecular complexity index is 488. The van der Waals surface area contributed by atoms with Crippen LogP contribution in [-0.2, 0) is 6.54 Å². The minimum absolute atomic E-state index is 0.200. The zero-order chi connectivity index (χ0) is 12.3. The number of amides is 1. The van der Waals surface area contributed by atoms with E-state index in [-0.39, 0.29) is 11.8 Å². The average molecular weight is 250 g/mol. The Balaban J connectivity index is 1.95. The summed E-state index contributed by atoms with van der Waals surface area (Å²) >= 11 is 1.61. The van der Waals surface area contributed by atoms with E-state index in [1.54, 1.807) is 17.4 Å². The van der Waals surface area contributed by atoms with E-state index in [2.05, 4.69) is 10.5 Å². The smallest absolute Gasteiger partial charge is 0.273 e. The van der Waals surface area contributed by atoms with Crippen LogP contribution >= 0.6 is 11.3 Å². The molecule has 0 aliphatic rings. The number of nitrogens with zero attached hydrogens (tertiary/aromatic N) is 1. The van der Waals surface area contributed by atoms with Crippen molar-refractivity contribution in [2.45, 2.75) is 26.3 Å². The second kappa shape index (κ2) is 5.14. The van der Waals surface area contributed by atoms with Gasteiger partial charge in [-0.1, -0.05) is 25.1 Å². The highest BCUT2D eigenvalue weighted by atomic mass is 32.1. The molecule has 1 amide bonds. The molecular weight excluding hydrogens is 236 g/mol. The molecule has 2 heterocycles. The van der Waals surface area contributed by atoms with E-state index in [1.807, 2.05) is 31.4 Å². The second-order valence-corrected chi connectivity index (χ2v) is 5.06. The Morgan fingerprint density at radius 1 is 1.59 bits per heavy atom. The van der Waals surface area contributed by atoms with Gasteiger partial charge in [-0.05, 0) is 11.4 Å². The fourth-order valence-electron chi connectivity index (χ4n) is 1.34. The van der Waals surface area contributed by atoms with Gasteiger partial charge >= 0.3 is 0 Å². The Labute approximate surface area is 104 Å². The first-order valence-electron chi connectivity index (χ1n) is 5.44. The van der Waals surface area contributed by atoms with Crippen LogP contribution < -0.4 is 5.32 Å². The average Bonchev–Trinajstić information content (AvgIpc) is 2.96. The number of hydrogen-bond acceptors (Lipinski definition) is 4. The first-order chi connectivity index (χ1) is 8.16. The Kier molecular flexibility index (Phi) is 3.58. The molecule has 1 N–H and O–H groups in total. The molecule has 0 radical (unpaired) electrons. The summed E-state index contributed by atoms with van der Waals surface area (Å²) in [4.78, 5) is 12.9. The molecule has 17 heavy (non-hydrogen) atoms. The maximum Gasteiger partial charge on any atom is 0.273 e. The molecule has 0 fully saturated rings. The Hall–Kier alpha value is -1.62. The maximum atomic E-state index is 11.7. The lowest BCUT2D eigenvalue weighted by Gasteiger charge is -1.99. The van der Waals surface area contributed by atoms with Crippen molar-refractivity contribution in [3.63, 3.8) is 0 Å². The summed E-state index contributed by atoms with van der Waals surface area (Å²) in [7, 11) is 0. The number of carbonyl (C=O) groups excluding carboxylic acids is 1. The molecule has 90 valence electrons. The van der Waals surface area contributed by atoms with E-state index in [0.717, 1.165) is 10.6 Å². The molecular formula is C12H14N2O2S. The standard InChI is InChI=1S/C12H14N2O2S/c1-8(2)11-6-10(14-16-11)12(15)13-7-9-4-3-5-17-9/h3-6,8H,7H2,1-2H3,(H,13,15). The van der Waals surface area contributed by atoms with Crippen LogP contribution in [0.15, 0.2) is 28.1 Å². The summed E-state index contributed by atoms with van der Waals surface area (Å²) in [6.07, 6.45) is 0. The van der Waals surface area contributed by atoms with Crippen LogP contribution in [0, 0.1) is 0 Å². The van der Waals surface area contributed by atoms with E-state index < -0.39 is 0 Å². The van der Waals surface area contributed by atoms with Crippen LogP contribution in [0.2, 0.25) is 0 Å². The molecule has 0 saturated carbocycles. The molecule has 2 rings (SSSR count). The molecule has 0 aliphatic heterocycles. The van der Waals surface area contributed by atoms with Gasteiger partial charge in [0.2, 0.25) is 0 Å². The molecule has 0 aliphatic carbocycles. The van der Waals surface area contributed by atoms with Gasteiger partial charge in [-0.2, -0.15) is 0 Å². The van der Waals surface area contributed by atoms with E-state index in [0.29, 0.717) is 12.2 Å². The zero-order valence-corrected chi connectivity index (χ0v) is 10.6. The van der Waals surface area contributed by atoms with Gasteiger partial charge in [0.25, 0.3) is 5.91 Å². The minimum atomic E-state index is -0.200. The van der Waals surface area contributed by atoms with Crippen LogP contribution in [0.5, 0.6) is 0 Å². The molecule has 5 heteroatoms. The van der Waals surface area contributed by atoms with Crippen LogP contribution in [0.3, 0.4) is 0 Å². The van der Waals surface area contributed by atoms with Gasteiger partial charge in [0.1, 0.15) is 5.76 Å². The SMILES string of the molecule is CC(C)c1cc(C(=O)NCc2cccs2)no1. The van der Waals surface area contributed by atoms with Crippen LogP contribution in [-0.4, -0.2) is 11.1 Å². The topological polar surface area (TPSA) is 55.1 Å². The third kappa shape index (κ3) is 2.94. The van der Waals surface area contributed by atoms with Gasteiger partial charge < -0.3 is 9.84 Å². The first kappa shape index (κ1) is 11.9. The fourth-order valence-corrected chi connectivity index (χ4v) is 1.98. The van der Waals surface area contributed by atoms with E-state index in [4.69, 9.17) is 4.52 Å². The third-order valence-corrected chi connectivity index (χ3v) is 3.21. The van der Waals surface area contributed by atoms with Crippen molar-refractivity contribution < 1.29 is 9.32 Å². The van der Waals surface area contributed by atoms with Crippen molar-refractivity contribution in [2.75, 3.05) is 0 Å². The number of carbonyl (C=O) groups is 1. The summed E-state index contributed by atoms with van der Waals surface area (Å²) in [6, 6.07) is 5.63. The molecule has 0 aromatic carbocycles. The van der Waals surface area contributed by atoms with Gasteiger partial charge in [0.15, 0.2) is 5.69 Å². The van der Waals surface area contributed by atoms with Crippen LogP contribution in [0.4, 0.5) is 0 Å². The summed E-state index contributed by atoms with van der Waals surface area (Å²) in [5.41, 5.74) is 0.338. The maximum absolute atomic E-state index is 11.7. The summed E-state index contributed by atoms with van der Waals surface area (Å²) in [5.74, 6) is 0.765. The van der Waals surface area contributed by atoms with Crippen molar-refractivity contribution in [1.29, 1.82) is 0 Å². The van der Waals surface area contributed by atoms with Crippen LogP contribution in [0.1, 0.15) is 40.9 Å². The number of aromatic nitrogens is 1. The molecule has 2 aromatic rings. The summed E-state index contributed by atoms with van der Waals surface area (Å²) in [5, 5.41) is 8.54. The van der Waals surface area contributed by atoms with Gasteiger partial charge in [0, 0.05) is 16.9 Å². The number of thiophene rings is 1. The van der Waals surface area contributed by atoms with E-state index in [1.165, 1.54) is 0 Å². The van der Waals surface area contributed by atoms with E-state index in [9.17, 15) is 4.79 Å². The van der Waals surface area contributed by atoms with Crippen molar-refractivity contribution in [3.8, 4) is 0 Å². The molecule has 2 aromatic heterocycles. The van der Waals surface area contributed by atoms with E-state index >= 15 is 0 Å². The fraction of sp³-hybridized carbons (Fsp3) is 0.333. The molecule has 0 unspecified atom stereocenters. The third-order valence-electron chi connectivity index (χ3n) is 2.33. The normalized spacial score (nSPS) is 10.8. The minimum Gasteiger partial charge on any atom is -0.360 e. The zero-order valence-electron chi connectivity index (χ0n) is 9.77. The van der Waals surface area contributed by atoms with Gasteiger partial charge in [-0.15, -0.1) is 11.3 Å². The lowest BCUT2D eigenvalue weighted by atomic mass is 10.1. The molecule has 0 atom stereocenters. The summed E-state index contributed by atoms with van der Waals surface area (Å²) < 4.78 is 5.08. The first-order valence-corrected chi connectivity index (χ1v) is 6.32. The molecule has 0 saturated heterocycles. The number of nitrogens with one attached hydrogen (secondary N) is 1. The predicted molar refractivity (Wildman–Crippen MR) is 66.1 cm³/mol. The van der Waals surface area contributed by atoms with Crippen molar-refractivity contribution in [1.82, 2.24) is 10.5 Å². The molecule has 0 spiro atoms. The largest absolute Gasteiger partial charge is 0.360 e. The molecule has 0 bridgehead atoms. The van der Waals surface area contributed by atoms with Gasteiger partial charge in [0.05, 0.1) is 6.54 Å². The number of rotatable bonds is 4. The number of hydrogen-bond donors (Lipinski definition) is 1. The van der Waals surface area contributed by atoms with Crippen molar-refractivity contribution in [3.05, 3.63) is 39.9 Å². The van der Waals surface area contributed by atoms with Crippen molar-refractivity contribution >= 4 is 17.2 Å². The van der Waals surface area contributed by atoms with Crippen LogP contribution in [0.25, 0.3) is 0 Å². The highest BCUT2D eigenvalue weighted by Crippen LogP contribution is 2.15. The summed E-state index contributed by atoms with van der Waals surface area (Å²) in [6.45, 7) is 4.52. The Morgan fingerprint density at radius 2 is 2.41 bits per heavy atom. The van der Waals surface area contributed by atoms with Gasteiger partial charge in [-0.25, -0.2) is 0 Å². The lowest BCUT2D eigenvalue weighted by Crippen LogP contribution is -2.22. The lowest BCUT2D eigenvalue weighted by molar-refractivity contribution is 0.0942. The Morgan fingerprint density at radius 3 is 3.00 bits per heavy atom. The van der Waals surface area contributed by atoms with Crippen molar-refractivity contribution in [2.24, 2.45) is 0 Å². The monoisotopic (exact) mass is 250 g/mol. The van der Waals surface area contributed by atoms with Gasteiger partial charge in [-0.3, -0.25) is 4.79 Å². The highest BCUT2D eigenvalue weighted by Gasteiger charge is 2.13. The quantitative estimate of drug-likeness (QED) is 0.907.